The van der Waals surface area contributed by atoms with E-state index in [1.54, 1.807) is 32.0 Å². The van der Waals surface area contributed by atoms with Crippen molar-refractivity contribution in [2.75, 3.05) is 19.0 Å². The second-order valence-electron chi connectivity index (χ2n) is 9.51. The Morgan fingerprint density at radius 2 is 1.97 bits per heavy atom. The number of fused-ring (bicyclic) bond motifs is 1. The van der Waals surface area contributed by atoms with E-state index in [0.717, 1.165) is 6.07 Å². The van der Waals surface area contributed by atoms with Crippen LogP contribution < -0.4 is 10.9 Å². The van der Waals surface area contributed by atoms with Crippen LogP contribution in [0.4, 0.5) is 19.0 Å². The Morgan fingerprint density at radius 1 is 1.27 bits per heavy atom. The van der Waals surface area contributed by atoms with Gasteiger partial charge in [0.05, 0.1) is 22.6 Å². The van der Waals surface area contributed by atoms with Crippen molar-refractivity contribution in [3.8, 4) is 0 Å². The van der Waals surface area contributed by atoms with Gasteiger partial charge < -0.3 is 15.0 Å². The number of methoxy groups -OCH3 is 1. The topological polar surface area (TPSA) is 89.3 Å². The number of alkyl halides is 2. The number of aryl methyl sites for hydroxylation is 1. The highest BCUT2D eigenvalue weighted by Crippen LogP contribution is 2.39. The number of ether oxygens (including phenoxy) is 1. The highest BCUT2D eigenvalue weighted by Gasteiger charge is 2.43. The van der Waals surface area contributed by atoms with Gasteiger partial charge in [0.2, 0.25) is 5.91 Å². The Hall–Kier alpha value is -3.47. The van der Waals surface area contributed by atoms with E-state index in [4.69, 9.17) is 4.74 Å². The number of amides is 1. The van der Waals surface area contributed by atoms with E-state index in [9.17, 15) is 22.8 Å². The van der Waals surface area contributed by atoms with Gasteiger partial charge in [0.1, 0.15) is 29.2 Å². The van der Waals surface area contributed by atoms with E-state index in [2.05, 4.69) is 15.3 Å². The maximum absolute atomic E-state index is 14.8. The molecule has 11 heteroatoms. The minimum absolute atomic E-state index is 0.0411. The average Bonchev–Trinajstić information content (AvgIpc) is 2.85. The number of hydrogen-bond donors (Lipinski definition) is 1. The van der Waals surface area contributed by atoms with Gasteiger partial charge in [-0.15, -0.1) is 0 Å². The Bertz CT molecular complexity index is 1400. The maximum Gasteiger partial charge on any atom is 0.266 e. The molecule has 1 aromatic carbocycles. The van der Waals surface area contributed by atoms with Gasteiger partial charge in [0.25, 0.3) is 12.0 Å². The van der Waals surface area contributed by atoms with Crippen molar-refractivity contribution in [2.24, 2.45) is 7.05 Å². The predicted molar refractivity (Wildman–Crippen MR) is 133 cm³/mol. The van der Waals surface area contributed by atoms with Gasteiger partial charge >= 0.3 is 0 Å². The first kappa shape index (κ1) is 26.6. The van der Waals surface area contributed by atoms with Crippen LogP contribution in [0.2, 0.25) is 0 Å². The SMILES string of the molecule is COC1(c2cc3c(N[C@H](C)c4cccc(C(F)F)c4F)ncnc3n(C)c2=O)CCN(C(C)=O)[C@H](C)C1. The number of piperidine rings is 1. The zero-order valence-corrected chi connectivity index (χ0v) is 21.4. The zero-order chi connectivity index (χ0) is 27.1. The van der Waals surface area contributed by atoms with E-state index in [0.29, 0.717) is 41.8 Å². The van der Waals surface area contributed by atoms with E-state index in [1.807, 2.05) is 6.92 Å². The summed E-state index contributed by atoms with van der Waals surface area (Å²) in [6.45, 7) is 5.50. The molecule has 198 valence electrons. The van der Waals surface area contributed by atoms with Gasteiger partial charge in [-0.25, -0.2) is 23.1 Å². The maximum atomic E-state index is 14.8. The standard InChI is InChI=1S/C26H30F3N5O3/c1-14-12-26(37-5,9-10-34(14)16(3)35)20-11-19-23(30-13-31-24(19)33(4)25(20)36)32-15(2)17-7-6-8-18(21(17)27)22(28)29/h6-8,11,13-15,22H,9-10,12H2,1-5H3,(H,30,31,32)/t14-,15-,26?/m1/s1. The third-order valence-electron chi connectivity index (χ3n) is 7.32. The summed E-state index contributed by atoms with van der Waals surface area (Å²) in [4.78, 5) is 35.8. The molecule has 3 aromatic rings. The summed E-state index contributed by atoms with van der Waals surface area (Å²) in [7, 11) is 3.14. The van der Waals surface area contributed by atoms with Crippen LogP contribution in [-0.2, 0) is 22.2 Å². The number of nitrogens with one attached hydrogen (secondary N) is 1. The smallest absolute Gasteiger partial charge is 0.266 e. The van der Waals surface area contributed by atoms with Crippen LogP contribution in [-0.4, -0.2) is 45.0 Å². The highest BCUT2D eigenvalue weighted by molar-refractivity contribution is 5.87. The van der Waals surface area contributed by atoms with Gasteiger partial charge in [0.15, 0.2) is 0 Å². The minimum atomic E-state index is -2.94. The fraction of sp³-hybridized carbons (Fsp3) is 0.462. The molecule has 4 rings (SSSR count). The molecule has 37 heavy (non-hydrogen) atoms. The first-order valence-corrected chi connectivity index (χ1v) is 12.0. The summed E-state index contributed by atoms with van der Waals surface area (Å²) in [6.07, 6.45) is -0.817. The van der Waals surface area contributed by atoms with E-state index < -0.39 is 29.4 Å². The molecule has 0 bridgehead atoms. The van der Waals surface area contributed by atoms with Gasteiger partial charge in [-0.3, -0.25) is 14.2 Å². The average molecular weight is 518 g/mol. The summed E-state index contributed by atoms with van der Waals surface area (Å²) in [5.74, 6) is -0.703. The van der Waals surface area contributed by atoms with Gasteiger partial charge in [-0.05, 0) is 26.3 Å². The fourth-order valence-electron chi connectivity index (χ4n) is 5.28. The highest BCUT2D eigenvalue weighted by atomic mass is 19.3. The van der Waals surface area contributed by atoms with E-state index >= 15 is 0 Å². The molecule has 8 nitrogen and oxygen atoms in total. The van der Waals surface area contributed by atoms with Gasteiger partial charge in [-0.1, -0.05) is 18.2 Å². The van der Waals surface area contributed by atoms with Crippen molar-refractivity contribution in [3.63, 3.8) is 0 Å². The third-order valence-corrected chi connectivity index (χ3v) is 7.32. The number of aromatic nitrogens is 3. The normalized spacial score (nSPS) is 20.9. The van der Waals surface area contributed by atoms with Crippen molar-refractivity contribution in [2.45, 2.75) is 57.7 Å². The van der Waals surface area contributed by atoms with Crippen LogP contribution in [0.3, 0.4) is 0 Å². The molecule has 0 spiro atoms. The predicted octanol–water partition coefficient (Wildman–Crippen LogP) is 4.45. The van der Waals surface area contributed by atoms with Crippen molar-refractivity contribution in [3.05, 3.63) is 63.5 Å². The lowest BCUT2D eigenvalue weighted by Gasteiger charge is -2.44. The Kier molecular flexibility index (Phi) is 7.27. The molecule has 3 atom stereocenters. The van der Waals surface area contributed by atoms with Gasteiger partial charge in [-0.2, -0.15) is 0 Å². The van der Waals surface area contributed by atoms with E-state index in [-0.39, 0.29) is 23.1 Å². The molecule has 1 aliphatic heterocycles. The Morgan fingerprint density at radius 3 is 2.59 bits per heavy atom. The first-order valence-electron chi connectivity index (χ1n) is 12.0. The van der Waals surface area contributed by atoms with Gasteiger partial charge in [0, 0.05) is 45.7 Å². The van der Waals surface area contributed by atoms with Crippen molar-refractivity contribution in [1.82, 2.24) is 19.4 Å². The number of hydrogen-bond acceptors (Lipinski definition) is 6. The molecule has 1 N–H and O–H groups in total. The lowest BCUT2D eigenvalue weighted by atomic mass is 9.81. The van der Waals surface area contributed by atoms with Crippen LogP contribution >= 0.6 is 0 Å². The zero-order valence-electron chi connectivity index (χ0n) is 21.4. The number of benzene rings is 1. The summed E-state index contributed by atoms with van der Waals surface area (Å²) in [6, 6.07) is 4.69. The second-order valence-corrected chi connectivity index (χ2v) is 9.51. The molecule has 1 saturated heterocycles. The van der Waals surface area contributed by atoms with E-state index in [1.165, 1.54) is 30.0 Å². The largest absolute Gasteiger partial charge is 0.373 e. The molecule has 3 heterocycles. The Balaban J connectivity index is 1.79. The molecular weight excluding hydrogens is 487 g/mol. The van der Waals surface area contributed by atoms with Crippen molar-refractivity contribution >= 4 is 22.8 Å². The molecule has 1 amide bonds. The summed E-state index contributed by atoms with van der Waals surface area (Å²) in [5, 5.41) is 3.60. The summed E-state index contributed by atoms with van der Waals surface area (Å²) < 4.78 is 48.6. The monoisotopic (exact) mass is 517 g/mol. The molecule has 1 aliphatic rings. The Labute approximate surface area is 212 Å². The first-order chi connectivity index (χ1) is 17.5. The van der Waals surface area contributed by atoms with Crippen LogP contribution in [0.25, 0.3) is 11.0 Å². The quantitative estimate of drug-likeness (QED) is 0.520. The second kappa shape index (κ2) is 10.1. The molecule has 1 unspecified atom stereocenters. The lowest BCUT2D eigenvalue weighted by molar-refractivity contribution is -0.140. The third kappa shape index (κ3) is 4.68. The minimum Gasteiger partial charge on any atom is -0.373 e. The molecule has 2 aromatic heterocycles. The molecule has 1 fully saturated rings. The van der Waals surface area contributed by atoms with Crippen LogP contribution in [0.1, 0.15) is 62.8 Å². The number of halogens is 3. The van der Waals surface area contributed by atoms with Crippen LogP contribution in [0, 0.1) is 5.82 Å². The summed E-state index contributed by atoms with van der Waals surface area (Å²) >= 11 is 0. The fourth-order valence-corrected chi connectivity index (χ4v) is 5.28. The van der Waals surface area contributed by atoms with Crippen LogP contribution in [0.15, 0.2) is 35.4 Å². The number of nitrogens with zero attached hydrogens (tertiary/aromatic N) is 4. The molecule has 0 saturated carbocycles. The number of carbonyl (C=O) groups is 1. The number of anilines is 1. The van der Waals surface area contributed by atoms with Crippen molar-refractivity contribution < 1.29 is 22.7 Å². The van der Waals surface area contributed by atoms with Crippen LogP contribution in [0.5, 0.6) is 0 Å². The van der Waals surface area contributed by atoms with Crippen molar-refractivity contribution in [1.29, 1.82) is 0 Å². The molecular formula is C26H30F3N5O3. The number of carbonyl (C=O) groups excluding carboxylic acids is 1. The molecule has 0 radical (unpaired) electrons. The number of rotatable bonds is 6. The number of pyridine rings is 1. The lowest BCUT2D eigenvalue weighted by Crippen LogP contribution is -2.52. The number of likely N-dealkylation sites (tertiary alicyclic amines) is 1. The molecule has 0 aliphatic carbocycles. The summed E-state index contributed by atoms with van der Waals surface area (Å²) in [5.41, 5.74) is -1.08.